The number of hydrogen-bond acceptors (Lipinski definition) is 3. The molecule has 2 aliphatic rings. The zero-order chi connectivity index (χ0) is 13.0. The Morgan fingerprint density at radius 2 is 2.00 bits per heavy atom. The van der Waals surface area contributed by atoms with Crippen molar-refractivity contribution in [3.63, 3.8) is 0 Å². The Kier molecular flexibility index (Phi) is 5.01. The molecule has 0 bridgehead atoms. The number of ether oxygens (including phenoxy) is 1. The number of morpholine rings is 1. The van der Waals surface area contributed by atoms with Gasteiger partial charge in [0.25, 0.3) is 5.91 Å². The van der Waals surface area contributed by atoms with Gasteiger partial charge in [0.1, 0.15) is 6.10 Å². The molecule has 1 amide bonds. The normalized spacial score (nSPS) is 33.4. The number of rotatable bonds is 3. The molecule has 0 aromatic rings. The summed E-state index contributed by atoms with van der Waals surface area (Å²) in [7, 11) is 0. The zero-order valence-corrected chi connectivity index (χ0v) is 11.6. The molecular formula is C14H26N2O2. The highest BCUT2D eigenvalue weighted by Crippen LogP contribution is 2.29. The van der Waals surface area contributed by atoms with Crippen molar-refractivity contribution in [1.29, 1.82) is 0 Å². The van der Waals surface area contributed by atoms with Crippen molar-refractivity contribution in [2.24, 2.45) is 11.8 Å². The summed E-state index contributed by atoms with van der Waals surface area (Å²) < 4.78 is 5.47. The van der Waals surface area contributed by atoms with Crippen LogP contribution in [0, 0.1) is 11.8 Å². The third-order valence-electron chi connectivity index (χ3n) is 4.28. The molecule has 1 aliphatic heterocycles. The maximum Gasteiger partial charge on any atom is 0.250 e. The number of hydrogen-bond donors (Lipinski definition) is 2. The summed E-state index contributed by atoms with van der Waals surface area (Å²) in [5.74, 6) is 1.67. The Bertz CT molecular complexity index is 267. The lowest BCUT2D eigenvalue weighted by Crippen LogP contribution is -2.50. The van der Waals surface area contributed by atoms with Gasteiger partial charge in [-0.15, -0.1) is 0 Å². The van der Waals surface area contributed by atoms with Crippen LogP contribution in [0.25, 0.3) is 0 Å². The lowest BCUT2D eigenvalue weighted by molar-refractivity contribution is -0.135. The van der Waals surface area contributed by atoms with E-state index in [1.54, 1.807) is 0 Å². The lowest BCUT2D eigenvalue weighted by atomic mass is 9.79. The molecule has 2 N–H and O–H groups in total. The minimum absolute atomic E-state index is 0.0650. The van der Waals surface area contributed by atoms with Gasteiger partial charge in [-0.25, -0.2) is 0 Å². The second-order valence-corrected chi connectivity index (χ2v) is 5.93. The first-order chi connectivity index (χ1) is 8.66. The SMILES string of the molecule is CC(C)C1CCC(NC(=O)C2CNCCO2)CC1. The fourth-order valence-electron chi connectivity index (χ4n) is 2.96. The topological polar surface area (TPSA) is 50.4 Å². The van der Waals surface area contributed by atoms with Gasteiger partial charge < -0.3 is 15.4 Å². The summed E-state index contributed by atoms with van der Waals surface area (Å²) in [5.41, 5.74) is 0. The van der Waals surface area contributed by atoms with Gasteiger partial charge in [0, 0.05) is 19.1 Å². The van der Waals surface area contributed by atoms with Crippen molar-refractivity contribution in [2.45, 2.75) is 51.7 Å². The van der Waals surface area contributed by atoms with Crippen molar-refractivity contribution in [2.75, 3.05) is 19.7 Å². The van der Waals surface area contributed by atoms with Gasteiger partial charge in [0.2, 0.25) is 0 Å². The van der Waals surface area contributed by atoms with Crippen LogP contribution >= 0.6 is 0 Å². The highest BCUT2D eigenvalue weighted by Gasteiger charge is 2.27. The van der Waals surface area contributed by atoms with Crippen molar-refractivity contribution in [3.8, 4) is 0 Å². The largest absolute Gasteiger partial charge is 0.366 e. The number of amides is 1. The minimum Gasteiger partial charge on any atom is -0.366 e. The van der Waals surface area contributed by atoms with Gasteiger partial charge in [-0.2, -0.15) is 0 Å². The second-order valence-electron chi connectivity index (χ2n) is 5.93. The lowest BCUT2D eigenvalue weighted by Gasteiger charge is -2.32. The molecule has 0 radical (unpaired) electrons. The number of carbonyl (C=O) groups excluding carboxylic acids is 1. The fraction of sp³-hybridized carbons (Fsp3) is 0.929. The number of nitrogens with one attached hydrogen (secondary N) is 2. The predicted octanol–water partition coefficient (Wildman–Crippen LogP) is 1.31. The molecule has 4 heteroatoms. The summed E-state index contributed by atoms with van der Waals surface area (Å²) in [5, 5.41) is 6.33. The highest BCUT2D eigenvalue weighted by atomic mass is 16.5. The summed E-state index contributed by atoms with van der Waals surface area (Å²) >= 11 is 0. The average molecular weight is 254 g/mol. The molecule has 1 heterocycles. The fourth-order valence-corrected chi connectivity index (χ4v) is 2.96. The van der Waals surface area contributed by atoms with Crippen LogP contribution in [0.4, 0.5) is 0 Å². The molecular weight excluding hydrogens is 228 g/mol. The smallest absolute Gasteiger partial charge is 0.250 e. The maximum atomic E-state index is 12.0. The van der Waals surface area contributed by atoms with Gasteiger partial charge in [-0.3, -0.25) is 4.79 Å². The first-order valence-electron chi connectivity index (χ1n) is 7.29. The first-order valence-corrected chi connectivity index (χ1v) is 7.29. The van der Waals surface area contributed by atoms with E-state index >= 15 is 0 Å². The molecule has 1 unspecified atom stereocenters. The van der Waals surface area contributed by atoms with Gasteiger partial charge in [0.05, 0.1) is 6.61 Å². The second kappa shape index (κ2) is 6.53. The maximum absolute atomic E-state index is 12.0. The molecule has 2 rings (SSSR count). The molecule has 0 spiro atoms. The Morgan fingerprint density at radius 3 is 2.56 bits per heavy atom. The quantitative estimate of drug-likeness (QED) is 0.798. The minimum atomic E-state index is -0.290. The Morgan fingerprint density at radius 1 is 1.28 bits per heavy atom. The van der Waals surface area contributed by atoms with Gasteiger partial charge in [-0.1, -0.05) is 13.8 Å². The van der Waals surface area contributed by atoms with Crippen molar-refractivity contribution >= 4 is 5.91 Å². The van der Waals surface area contributed by atoms with Crippen LogP contribution in [-0.2, 0) is 9.53 Å². The molecule has 1 saturated carbocycles. The van der Waals surface area contributed by atoms with E-state index in [1.165, 1.54) is 12.8 Å². The van der Waals surface area contributed by atoms with Gasteiger partial charge in [-0.05, 0) is 37.5 Å². The van der Waals surface area contributed by atoms with E-state index in [4.69, 9.17) is 4.74 Å². The summed E-state index contributed by atoms with van der Waals surface area (Å²) in [6, 6.07) is 0.359. The first kappa shape index (κ1) is 13.8. The number of carbonyl (C=O) groups is 1. The Hall–Kier alpha value is -0.610. The average Bonchev–Trinajstić information content (AvgIpc) is 2.40. The van der Waals surface area contributed by atoms with Crippen LogP contribution in [0.3, 0.4) is 0 Å². The van der Waals surface area contributed by atoms with Crippen LogP contribution in [0.15, 0.2) is 0 Å². The standard InChI is InChI=1S/C14H26N2O2/c1-10(2)11-3-5-12(6-4-11)16-14(17)13-9-15-7-8-18-13/h10-13,15H,3-9H2,1-2H3,(H,16,17). The molecule has 18 heavy (non-hydrogen) atoms. The predicted molar refractivity (Wildman–Crippen MR) is 71.3 cm³/mol. The summed E-state index contributed by atoms with van der Waals surface area (Å²) in [4.78, 5) is 12.0. The van der Waals surface area contributed by atoms with Crippen LogP contribution in [0.1, 0.15) is 39.5 Å². The molecule has 1 atom stereocenters. The van der Waals surface area contributed by atoms with Crippen molar-refractivity contribution in [3.05, 3.63) is 0 Å². The van der Waals surface area contributed by atoms with Crippen LogP contribution < -0.4 is 10.6 Å². The third-order valence-corrected chi connectivity index (χ3v) is 4.28. The Balaban J connectivity index is 1.72. The molecule has 1 saturated heterocycles. The van der Waals surface area contributed by atoms with Gasteiger partial charge in [0.15, 0.2) is 0 Å². The molecule has 1 aliphatic carbocycles. The van der Waals surface area contributed by atoms with Crippen LogP contribution in [0.2, 0.25) is 0 Å². The van der Waals surface area contributed by atoms with Crippen LogP contribution in [0.5, 0.6) is 0 Å². The highest BCUT2D eigenvalue weighted by molar-refractivity contribution is 5.81. The van der Waals surface area contributed by atoms with E-state index in [0.717, 1.165) is 31.2 Å². The molecule has 2 fully saturated rings. The van der Waals surface area contributed by atoms with Crippen molar-refractivity contribution in [1.82, 2.24) is 10.6 Å². The van der Waals surface area contributed by atoms with E-state index in [1.807, 2.05) is 0 Å². The van der Waals surface area contributed by atoms with Crippen LogP contribution in [-0.4, -0.2) is 37.7 Å². The van der Waals surface area contributed by atoms with Crippen molar-refractivity contribution < 1.29 is 9.53 Å². The molecule has 4 nitrogen and oxygen atoms in total. The Labute approximate surface area is 110 Å². The summed E-state index contributed by atoms with van der Waals surface area (Å²) in [6.07, 6.45) is 4.43. The molecule has 0 aromatic carbocycles. The molecule has 0 aromatic heterocycles. The zero-order valence-electron chi connectivity index (χ0n) is 11.6. The van der Waals surface area contributed by atoms with E-state index in [-0.39, 0.29) is 12.0 Å². The van der Waals surface area contributed by atoms with E-state index in [9.17, 15) is 4.79 Å². The third kappa shape index (κ3) is 3.69. The van der Waals surface area contributed by atoms with E-state index < -0.39 is 0 Å². The monoisotopic (exact) mass is 254 g/mol. The molecule has 104 valence electrons. The van der Waals surface area contributed by atoms with E-state index in [2.05, 4.69) is 24.5 Å². The summed E-state index contributed by atoms with van der Waals surface area (Å²) in [6.45, 7) is 6.73. The van der Waals surface area contributed by atoms with Gasteiger partial charge >= 0.3 is 0 Å². The van der Waals surface area contributed by atoms with E-state index in [0.29, 0.717) is 19.2 Å².